The van der Waals surface area contributed by atoms with Gasteiger partial charge in [-0.1, -0.05) is 18.2 Å². The van der Waals surface area contributed by atoms with Crippen LogP contribution < -0.4 is 0 Å². The topological polar surface area (TPSA) is 34.5 Å². The van der Waals surface area contributed by atoms with E-state index in [1.807, 2.05) is 54.0 Å². The molecule has 0 saturated carbocycles. The molecular weight excluding hydrogens is 216 g/mol. The van der Waals surface area contributed by atoms with Gasteiger partial charge in [0.25, 0.3) is 0 Å². The summed E-state index contributed by atoms with van der Waals surface area (Å²) < 4.78 is 6.84. The second-order valence-corrected chi connectivity index (χ2v) is 4.24. The molecule has 0 atom stereocenters. The van der Waals surface area contributed by atoms with Crippen molar-refractivity contribution in [1.29, 1.82) is 0 Å². The third kappa shape index (κ3) is 2.17. The minimum Gasteiger partial charge on any atom is -0.465 e. The van der Waals surface area contributed by atoms with Crippen LogP contribution in [0, 0.1) is 0 Å². The minimum atomic E-state index is -0.293. The van der Waals surface area contributed by atoms with Gasteiger partial charge in [0.05, 0.1) is 19.3 Å². The van der Waals surface area contributed by atoms with Crippen LogP contribution in [0.25, 0.3) is 10.9 Å². The zero-order valence-electron chi connectivity index (χ0n) is 10.3. The summed E-state index contributed by atoms with van der Waals surface area (Å²) in [7, 11) is 5.39. The molecule has 17 heavy (non-hydrogen) atoms. The molecule has 4 nitrogen and oxygen atoms in total. The van der Waals surface area contributed by atoms with Crippen molar-refractivity contribution in [3.8, 4) is 0 Å². The highest BCUT2D eigenvalue weighted by Crippen LogP contribution is 2.22. The number of hydrogen-bond acceptors (Lipinski definition) is 3. The molecule has 0 radical (unpaired) electrons. The normalized spacial score (nSPS) is 11.1. The molecule has 0 aliphatic heterocycles. The van der Waals surface area contributed by atoms with Crippen molar-refractivity contribution >= 4 is 16.9 Å². The molecule has 0 saturated heterocycles. The average Bonchev–Trinajstić information content (AvgIpc) is 2.67. The van der Waals surface area contributed by atoms with Crippen LogP contribution >= 0.6 is 0 Å². The number of esters is 1. The first-order chi connectivity index (χ1) is 8.13. The van der Waals surface area contributed by atoms with Crippen LogP contribution in [0.15, 0.2) is 30.5 Å². The fraction of sp³-hybridized carbons (Fsp3) is 0.308. The molecular formula is C13H16N2O2. The summed E-state index contributed by atoms with van der Waals surface area (Å²) in [5.74, 6) is -0.293. The zero-order chi connectivity index (χ0) is 12.4. The van der Waals surface area contributed by atoms with Crippen LogP contribution in [0.1, 0.15) is 10.4 Å². The third-order valence-corrected chi connectivity index (χ3v) is 2.63. The number of aromatic nitrogens is 1. The molecule has 0 fully saturated rings. The highest BCUT2D eigenvalue weighted by atomic mass is 16.5. The predicted molar refractivity (Wildman–Crippen MR) is 67.0 cm³/mol. The summed E-state index contributed by atoms with van der Waals surface area (Å²) in [6, 6.07) is 7.84. The van der Waals surface area contributed by atoms with Crippen molar-refractivity contribution in [1.82, 2.24) is 9.47 Å². The summed E-state index contributed by atoms with van der Waals surface area (Å²) in [5.41, 5.74) is 1.66. The van der Waals surface area contributed by atoms with Crippen molar-refractivity contribution in [2.24, 2.45) is 0 Å². The lowest BCUT2D eigenvalue weighted by atomic mass is 10.2. The fourth-order valence-electron chi connectivity index (χ4n) is 1.94. The lowest BCUT2D eigenvalue weighted by Crippen LogP contribution is -2.16. The number of fused-ring (bicyclic) bond motifs is 1. The Morgan fingerprint density at radius 2 is 2.06 bits per heavy atom. The molecule has 1 heterocycles. The van der Waals surface area contributed by atoms with E-state index >= 15 is 0 Å². The number of para-hydroxylation sites is 1. The quantitative estimate of drug-likeness (QED) is 0.758. The molecule has 0 unspecified atom stereocenters. The van der Waals surface area contributed by atoms with Gasteiger partial charge in [0.2, 0.25) is 0 Å². The summed E-state index contributed by atoms with van der Waals surface area (Å²) in [4.78, 5) is 13.7. The van der Waals surface area contributed by atoms with Gasteiger partial charge in [-0.2, -0.15) is 0 Å². The van der Waals surface area contributed by atoms with E-state index in [1.54, 1.807) is 0 Å². The van der Waals surface area contributed by atoms with Gasteiger partial charge in [-0.3, -0.25) is 4.90 Å². The van der Waals surface area contributed by atoms with Crippen molar-refractivity contribution in [3.05, 3.63) is 36.0 Å². The largest absolute Gasteiger partial charge is 0.465 e. The predicted octanol–water partition coefficient (Wildman–Crippen LogP) is 1.95. The molecule has 2 rings (SSSR count). The van der Waals surface area contributed by atoms with E-state index < -0.39 is 0 Å². The van der Waals surface area contributed by atoms with Crippen molar-refractivity contribution in [3.63, 3.8) is 0 Å². The maximum absolute atomic E-state index is 11.7. The van der Waals surface area contributed by atoms with Gasteiger partial charge < -0.3 is 9.30 Å². The van der Waals surface area contributed by atoms with Crippen LogP contribution in [-0.2, 0) is 11.4 Å². The van der Waals surface area contributed by atoms with Gasteiger partial charge in [0, 0.05) is 17.1 Å². The zero-order valence-corrected chi connectivity index (χ0v) is 10.3. The first-order valence-corrected chi connectivity index (χ1v) is 5.44. The monoisotopic (exact) mass is 232 g/mol. The average molecular weight is 232 g/mol. The molecule has 90 valence electrons. The van der Waals surface area contributed by atoms with Gasteiger partial charge in [-0.25, -0.2) is 4.79 Å². The van der Waals surface area contributed by atoms with E-state index in [-0.39, 0.29) is 5.97 Å². The van der Waals surface area contributed by atoms with E-state index in [4.69, 9.17) is 4.74 Å². The third-order valence-electron chi connectivity index (χ3n) is 2.63. The SMILES string of the molecule is COC(=O)c1cn(CN(C)C)c2ccccc12. The van der Waals surface area contributed by atoms with Gasteiger partial charge in [-0.05, 0) is 20.2 Å². The number of ether oxygens (including phenoxy) is 1. The Balaban J connectivity index is 2.58. The van der Waals surface area contributed by atoms with Crippen molar-refractivity contribution in [2.75, 3.05) is 21.2 Å². The molecule has 0 amide bonds. The Morgan fingerprint density at radius 3 is 2.71 bits per heavy atom. The first-order valence-electron chi connectivity index (χ1n) is 5.44. The molecule has 0 N–H and O–H groups in total. The van der Waals surface area contributed by atoms with E-state index in [2.05, 4.69) is 0 Å². The smallest absolute Gasteiger partial charge is 0.340 e. The second-order valence-electron chi connectivity index (χ2n) is 4.24. The Kier molecular flexibility index (Phi) is 3.15. The number of benzene rings is 1. The number of carbonyl (C=O) groups excluding carboxylic acids is 1. The number of methoxy groups -OCH3 is 1. The number of rotatable bonds is 3. The first kappa shape index (κ1) is 11.7. The molecule has 0 aliphatic rings. The van der Waals surface area contributed by atoms with Gasteiger partial charge >= 0.3 is 5.97 Å². The summed E-state index contributed by atoms with van der Waals surface area (Å²) >= 11 is 0. The van der Waals surface area contributed by atoms with E-state index in [9.17, 15) is 4.79 Å². The van der Waals surface area contributed by atoms with Crippen molar-refractivity contribution in [2.45, 2.75) is 6.67 Å². The van der Waals surface area contributed by atoms with Gasteiger partial charge in [0.1, 0.15) is 0 Å². The lowest BCUT2D eigenvalue weighted by Gasteiger charge is -2.11. The highest BCUT2D eigenvalue weighted by Gasteiger charge is 2.14. The molecule has 0 bridgehead atoms. The molecule has 1 aromatic carbocycles. The van der Waals surface area contributed by atoms with Gasteiger partial charge in [-0.15, -0.1) is 0 Å². The molecule has 1 aromatic heterocycles. The summed E-state index contributed by atoms with van der Waals surface area (Å²) in [6.45, 7) is 0.734. The maximum atomic E-state index is 11.7. The minimum absolute atomic E-state index is 0.293. The molecule has 0 aliphatic carbocycles. The van der Waals surface area contributed by atoms with Crippen LogP contribution in [0.2, 0.25) is 0 Å². The molecule has 0 spiro atoms. The highest BCUT2D eigenvalue weighted by molar-refractivity contribution is 6.04. The van der Waals surface area contributed by atoms with Crippen molar-refractivity contribution < 1.29 is 9.53 Å². The lowest BCUT2D eigenvalue weighted by molar-refractivity contribution is 0.0602. The van der Waals surface area contributed by atoms with Crippen LogP contribution in [0.5, 0.6) is 0 Å². The van der Waals surface area contributed by atoms with Crippen LogP contribution in [0.4, 0.5) is 0 Å². The Bertz CT molecular complexity index is 543. The van der Waals surface area contributed by atoms with E-state index in [1.165, 1.54) is 7.11 Å². The standard InChI is InChI=1S/C13H16N2O2/c1-14(2)9-15-8-11(13(16)17-3)10-6-4-5-7-12(10)15/h4-8H,9H2,1-3H3. The molecule has 2 aromatic rings. The fourth-order valence-corrected chi connectivity index (χ4v) is 1.94. The Morgan fingerprint density at radius 1 is 1.35 bits per heavy atom. The Hall–Kier alpha value is -1.81. The number of hydrogen-bond donors (Lipinski definition) is 0. The Labute approximate surface area is 100 Å². The maximum Gasteiger partial charge on any atom is 0.340 e. The van der Waals surface area contributed by atoms with E-state index in [0.29, 0.717) is 5.56 Å². The summed E-state index contributed by atoms with van der Waals surface area (Å²) in [5, 5.41) is 0.932. The number of nitrogens with zero attached hydrogens (tertiary/aromatic N) is 2. The summed E-state index contributed by atoms with van der Waals surface area (Å²) in [6.07, 6.45) is 1.84. The number of carbonyl (C=O) groups is 1. The molecule has 4 heteroatoms. The second kappa shape index (κ2) is 4.59. The van der Waals surface area contributed by atoms with Crippen LogP contribution in [-0.4, -0.2) is 36.6 Å². The van der Waals surface area contributed by atoms with Crippen LogP contribution in [0.3, 0.4) is 0 Å². The van der Waals surface area contributed by atoms with Gasteiger partial charge in [0.15, 0.2) is 0 Å². The van der Waals surface area contributed by atoms with E-state index in [0.717, 1.165) is 17.6 Å².